The van der Waals surface area contributed by atoms with Crippen LogP contribution < -0.4 is 0 Å². The van der Waals surface area contributed by atoms with Gasteiger partial charge in [0, 0.05) is 57.2 Å². The molecule has 0 aromatic carbocycles. The normalized spacial score (nSPS) is 15.9. The highest BCUT2D eigenvalue weighted by Gasteiger charge is 2.22. The molecule has 0 aliphatic carbocycles. The fraction of sp³-hybridized carbons (Fsp3) is 0.562. The average Bonchev–Trinajstić information content (AvgIpc) is 3.14. The zero-order valence-corrected chi connectivity index (χ0v) is 15.7. The largest absolute Gasteiger partial charge is 0.339 e. The van der Waals surface area contributed by atoms with Gasteiger partial charge in [0.15, 0.2) is 0 Å². The minimum atomic E-state index is 0.125. The molecule has 2 aromatic heterocycles. The number of aryl methyl sites for hydroxylation is 2. The summed E-state index contributed by atoms with van der Waals surface area (Å²) in [5.41, 5.74) is 2.37. The van der Waals surface area contributed by atoms with Crippen LogP contribution in [0.2, 0.25) is 0 Å². The lowest BCUT2D eigenvalue weighted by atomic mass is 10.2. The van der Waals surface area contributed by atoms with Crippen LogP contribution in [0.25, 0.3) is 0 Å². The number of nitrogens with zero attached hydrogens (tertiary/aromatic N) is 6. The Morgan fingerprint density at radius 1 is 1.21 bits per heavy atom. The summed E-state index contributed by atoms with van der Waals surface area (Å²) < 4.78 is 4.54. The van der Waals surface area contributed by atoms with E-state index >= 15 is 0 Å². The van der Waals surface area contributed by atoms with Gasteiger partial charge in [0.25, 0.3) is 0 Å². The average molecular weight is 395 g/mol. The lowest BCUT2D eigenvalue weighted by Crippen LogP contribution is -2.49. The van der Waals surface area contributed by atoms with Crippen molar-refractivity contribution in [2.24, 2.45) is 0 Å². The highest BCUT2D eigenvalue weighted by molar-refractivity contribution is 9.10. The lowest BCUT2D eigenvalue weighted by molar-refractivity contribution is -0.133. The van der Waals surface area contributed by atoms with Gasteiger partial charge in [-0.25, -0.2) is 0 Å². The van der Waals surface area contributed by atoms with Crippen LogP contribution in [-0.4, -0.2) is 61.4 Å². The first-order chi connectivity index (χ1) is 11.5. The predicted molar refractivity (Wildman–Crippen MR) is 94.4 cm³/mol. The monoisotopic (exact) mass is 394 g/mol. The van der Waals surface area contributed by atoms with E-state index in [0.717, 1.165) is 49.4 Å². The second kappa shape index (κ2) is 7.48. The molecule has 0 atom stereocenters. The third kappa shape index (κ3) is 4.05. The van der Waals surface area contributed by atoms with Crippen molar-refractivity contribution in [3.8, 4) is 0 Å². The molecule has 0 radical (unpaired) electrons. The number of rotatable bonds is 5. The predicted octanol–water partition coefficient (Wildman–Crippen LogP) is 1.51. The Kier molecular flexibility index (Phi) is 5.35. The van der Waals surface area contributed by atoms with Crippen LogP contribution in [0.1, 0.15) is 18.2 Å². The van der Waals surface area contributed by atoms with Gasteiger partial charge in [0.05, 0.1) is 16.4 Å². The molecule has 24 heavy (non-hydrogen) atoms. The number of carbonyl (C=O) groups is 1. The Balaban J connectivity index is 1.50. The van der Waals surface area contributed by atoms with Gasteiger partial charge in [0.1, 0.15) is 6.54 Å². The zero-order valence-electron chi connectivity index (χ0n) is 14.2. The molecule has 3 heterocycles. The van der Waals surface area contributed by atoms with E-state index in [9.17, 15) is 4.79 Å². The number of hydrogen-bond donors (Lipinski definition) is 0. The topological polar surface area (TPSA) is 59.2 Å². The van der Waals surface area contributed by atoms with Crippen molar-refractivity contribution in [1.29, 1.82) is 0 Å². The lowest BCUT2D eigenvalue weighted by Gasteiger charge is -2.34. The smallest absolute Gasteiger partial charge is 0.244 e. The second-order valence-corrected chi connectivity index (χ2v) is 7.02. The maximum Gasteiger partial charge on any atom is 0.244 e. The van der Waals surface area contributed by atoms with E-state index in [1.807, 2.05) is 15.8 Å². The van der Waals surface area contributed by atoms with Gasteiger partial charge in [-0.2, -0.15) is 10.2 Å². The van der Waals surface area contributed by atoms with Gasteiger partial charge in [-0.1, -0.05) is 0 Å². The number of halogens is 1. The van der Waals surface area contributed by atoms with Gasteiger partial charge in [-0.15, -0.1) is 0 Å². The molecule has 1 aliphatic rings. The van der Waals surface area contributed by atoms with Crippen LogP contribution in [0.3, 0.4) is 0 Å². The van der Waals surface area contributed by atoms with Gasteiger partial charge >= 0.3 is 0 Å². The molecule has 3 rings (SSSR count). The van der Waals surface area contributed by atoms with Crippen molar-refractivity contribution in [1.82, 2.24) is 29.4 Å². The molecule has 130 valence electrons. The van der Waals surface area contributed by atoms with E-state index in [1.54, 1.807) is 10.9 Å². The molecule has 2 aromatic rings. The van der Waals surface area contributed by atoms with Crippen molar-refractivity contribution >= 4 is 21.8 Å². The van der Waals surface area contributed by atoms with Crippen LogP contribution in [-0.2, 0) is 24.4 Å². The molecular weight excluding hydrogens is 372 g/mol. The summed E-state index contributed by atoms with van der Waals surface area (Å²) in [6.45, 7) is 9.57. The molecule has 0 spiro atoms. The summed E-state index contributed by atoms with van der Waals surface area (Å²) in [4.78, 5) is 16.7. The van der Waals surface area contributed by atoms with Crippen molar-refractivity contribution in [3.63, 3.8) is 0 Å². The number of piperazine rings is 1. The van der Waals surface area contributed by atoms with Crippen molar-refractivity contribution < 1.29 is 4.79 Å². The molecule has 0 N–H and O–H groups in total. The molecule has 0 bridgehead atoms. The number of carbonyl (C=O) groups excluding carboxylic acids is 1. The fourth-order valence-electron chi connectivity index (χ4n) is 2.94. The van der Waals surface area contributed by atoms with E-state index in [-0.39, 0.29) is 5.91 Å². The van der Waals surface area contributed by atoms with Crippen molar-refractivity contribution in [3.05, 3.63) is 34.3 Å². The Hall–Kier alpha value is -1.67. The van der Waals surface area contributed by atoms with Gasteiger partial charge < -0.3 is 4.90 Å². The van der Waals surface area contributed by atoms with E-state index in [1.165, 1.54) is 5.56 Å². The summed E-state index contributed by atoms with van der Waals surface area (Å²) >= 11 is 3.35. The zero-order chi connectivity index (χ0) is 17.1. The van der Waals surface area contributed by atoms with E-state index in [2.05, 4.69) is 51.1 Å². The Morgan fingerprint density at radius 2 is 1.96 bits per heavy atom. The Labute approximate surface area is 150 Å². The SMILES string of the molecule is CCn1cc(CN2CCN(C(=O)Cn3cc(Br)cn3)CC2)c(C)n1. The molecule has 1 saturated heterocycles. The van der Waals surface area contributed by atoms with E-state index in [0.29, 0.717) is 6.54 Å². The summed E-state index contributed by atoms with van der Waals surface area (Å²) in [5.74, 6) is 0.125. The van der Waals surface area contributed by atoms with Crippen molar-refractivity contribution in [2.75, 3.05) is 26.2 Å². The number of amides is 1. The van der Waals surface area contributed by atoms with Crippen LogP contribution in [0.4, 0.5) is 0 Å². The summed E-state index contributed by atoms with van der Waals surface area (Å²) in [5, 5.41) is 8.64. The molecular formula is C16H23BrN6O. The van der Waals surface area contributed by atoms with Crippen molar-refractivity contribution in [2.45, 2.75) is 33.5 Å². The molecule has 0 saturated carbocycles. The summed E-state index contributed by atoms with van der Waals surface area (Å²) in [6.07, 6.45) is 5.65. The molecule has 1 fully saturated rings. The molecule has 8 heteroatoms. The highest BCUT2D eigenvalue weighted by Crippen LogP contribution is 2.12. The Bertz CT molecular complexity index is 701. The molecule has 0 unspecified atom stereocenters. The highest BCUT2D eigenvalue weighted by atomic mass is 79.9. The minimum absolute atomic E-state index is 0.125. The van der Waals surface area contributed by atoms with E-state index in [4.69, 9.17) is 0 Å². The van der Waals surface area contributed by atoms with Gasteiger partial charge in [-0.3, -0.25) is 19.1 Å². The minimum Gasteiger partial charge on any atom is -0.339 e. The quantitative estimate of drug-likeness (QED) is 0.770. The first-order valence-corrected chi connectivity index (χ1v) is 9.05. The van der Waals surface area contributed by atoms with Gasteiger partial charge in [0.2, 0.25) is 5.91 Å². The first-order valence-electron chi connectivity index (χ1n) is 8.26. The second-order valence-electron chi connectivity index (χ2n) is 6.11. The van der Waals surface area contributed by atoms with Crippen LogP contribution in [0.15, 0.2) is 23.1 Å². The summed E-state index contributed by atoms with van der Waals surface area (Å²) in [7, 11) is 0. The third-order valence-electron chi connectivity index (χ3n) is 4.39. The third-order valence-corrected chi connectivity index (χ3v) is 4.80. The number of aromatic nitrogens is 4. The summed E-state index contributed by atoms with van der Waals surface area (Å²) in [6, 6.07) is 0. The van der Waals surface area contributed by atoms with Crippen LogP contribution >= 0.6 is 15.9 Å². The van der Waals surface area contributed by atoms with E-state index < -0.39 is 0 Å². The number of hydrogen-bond acceptors (Lipinski definition) is 4. The Morgan fingerprint density at radius 3 is 2.54 bits per heavy atom. The fourth-order valence-corrected chi connectivity index (χ4v) is 3.26. The maximum atomic E-state index is 12.4. The standard InChI is InChI=1S/C16H23BrN6O/c1-3-22-10-14(13(2)19-22)9-20-4-6-21(7-5-20)16(24)12-23-11-15(17)8-18-23/h8,10-11H,3-7,9,12H2,1-2H3. The first kappa shape index (κ1) is 17.2. The van der Waals surface area contributed by atoms with Crippen LogP contribution in [0.5, 0.6) is 0 Å². The molecule has 1 amide bonds. The van der Waals surface area contributed by atoms with Crippen LogP contribution in [0, 0.1) is 6.92 Å². The maximum absolute atomic E-state index is 12.4. The molecule has 7 nitrogen and oxygen atoms in total. The van der Waals surface area contributed by atoms with Gasteiger partial charge in [-0.05, 0) is 29.8 Å². The molecule has 1 aliphatic heterocycles.